The standard InChI is InChI=1S/C13H16ClNO3/c1-13(2-4-15-5-3-13)18-9-6-10(14)12-11(7-9)16-8-17-12/h6-7,15H,2-5,8H2,1H3. The number of benzene rings is 1. The summed E-state index contributed by atoms with van der Waals surface area (Å²) in [5, 5.41) is 3.87. The van der Waals surface area contributed by atoms with Crippen LogP contribution < -0.4 is 19.5 Å². The second kappa shape index (κ2) is 4.52. The topological polar surface area (TPSA) is 39.7 Å². The van der Waals surface area contributed by atoms with Gasteiger partial charge in [0.25, 0.3) is 0 Å². The van der Waals surface area contributed by atoms with Gasteiger partial charge in [-0.3, -0.25) is 0 Å². The summed E-state index contributed by atoms with van der Waals surface area (Å²) in [5.41, 5.74) is -0.137. The Labute approximate surface area is 111 Å². The molecular formula is C13H16ClNO3. The molecule has 98 valence electrons. The molecular weight excluding hydrogens is 254 g/mol. The van der Waals surface area contributed by atoms with Crippen molar-refractivity contribution >= 4 is 11.6 Å². The van der Waals surface area contributed by atoms with E-state index in [1.54, 1.807) is 6.07 Å². The van der Waals surface area contributed by atoms with E-state index in [0.29, 0.717) is 16.5 Å². The molecule has 2 aliphatic heterocycles. The fourth-order valence-electron chi connectivity index (χ4n) is 2.34. The fraction of sp³-hybridized carbons (Fsp3) is 0.538. The second-order valence-corrected chi connectivity index (χ2v) is 5.35. The van der Waals surface area contributed by atoms with Crippen LogP contribution in [0.3, 0.4) is 0 Å². The van der Waals surface area contributed by atoms with Crippen molar-refractivity contribution in [3.8, 4) is 17.2 Å². The highest BCUT2D eigenvalue weighted by atomic mass is 35.5. The minimum absolute atomic E-state index is 0.137. The number of halogens is 1. The van der Waals surface area contributed by atoms with Crippen LogP contribution >= 0.6 is 11.6 Å². The van der Waals surface area contributed by atoms with Gasteiger partial charge < -0.3 is 19.5 Å². The molecule has 4 nitrogen and oxygen atoms in total. The summed E-state index contributed by atoms with van der Waals surface area (Å²) in [6, 6.07) is 3.64. The van der Waals surface area contributed by atoms with Gasteiger partial charge in [0.1, 0.15) is 11.4 Å². The van der Waals surface area contributed by atoms with Gasteiger partial charge in [-0.2, -0.15) is 0 Å². The minimum Gasteiger partial charge on any atom is -0.487 e. The highest BCUT2D eigenvalue weighted by Gasteiger charge is 2.29. The highest BCUT2D eigenvalue weighted by Crippen LogP contribution is 2.43. The molecule has 1 N–H and O–H groups in total. The van der Waals surface area contributed by atoms with Crippen LogP contribution in [-0.4, -0.2) is 25.5 Å². The molecule has 2 aliphatic rings. The largest absolute Gasteiger partial charge is 0.487 e. The number of fused-ring (bicyclic) bond motifs is 1. The Kier molecular flexibility index (Phi) is 2.99. The molecule has 0 unspecified atom stereocenters. The van der Waals surface area contributed by atoms with E-state index >= 15 is 0 Å². The van der Waals surface area contributed by atoms with Crippen molar-refractivity contribution in [3.63, 3.8) is 0 Å². The molecule has 0 amide bonds. The van der Waals surface area contributed by atoms with Gasteiger partial charge >= 0.3 is 0 Å². The smallest absolute Gasteiger partial charge is 0.231 e. The summed E-state index contributed by atoms with van der Waals surface area (Å²) < 4.78 is 16.7. The quantitative estimate of drug-likeness (QED) is 0.896. The summed E-state index contributed by atoms with van der Waals surface area (Å²) in [6.07, 6.45) is 1.97. The van der Waals surface area contributed by atoms with Crippen molar-refractivity contribution in [3.05, 3.63) is 17.2 Å². The summed E-state index contributed by atoms with van der Waals surface area (Å²) in [4.78, 5) is 0. The van der Waals surface area contributed by atoms with E-state index in [9.17, 15) is 0 Å². The Balaban J connectivity index is 1.82. The van der Waals surface area contributed by atoms with Crippen molar-refractivity contribution in [2.24, 2.45) is 0 Å². The molecule has 1 aromatic carbocycles. The van der Waals surface area contributed by atoms with Crippen molar-refractivity contribution < 1.29 is 14.2 Å². The normalized spacial score (nSPS) is 20.8. The minimum atomic E-state index is -0.137. The van der Waals surface area contributed by atoms with Gasteiger partial charge in [-0.1, -0.05) is 11.6 Å². The molecule has 5 heteroatoms. The van der Waals surface area contributed by atoms with Crippen molar-refractivity contribution in [1.82, 2.24) is 5.32 Å². The average Bonchev–Trinajstić information content (AvgIpc) is 2.78. The number of ether oxygens (including phenoxy) is 3. The Morgan fingerprint density at radius 2 is 2.06 bits per heavy atom. The Morgan fingerprint density at radius 1 is 1.28 bits per heavy atom. The SMILES string of the molecule is CC1(Oc2cc(Cl)c3c(c2)OCO3)CCNCC1. The van der Waals surface area contributed by atoms with E-state index in [0.717, 1.165) is 31.7 Å². The zero-order chi connectivity index (χ0) is 12.6. The van der Waals surface area contributed by atoms with Crippen LogP contribution in [0.2, 0.25) is 5.02 Å². The number of piperidine rings is 1. The lowest BCUT2D eigenvalue weighted by Gasteiger charge is -2.34. The van der Waals surface area contributed by atoms with Crippen molar-refractivity contribution in [1.29, 1.82) is 0 Å². The monoisotopic (exact) mass is 269 g/mol. The van der Waals surface area contributed by atoms with Gasteiger partial charge in [0.2, 0.25) is 6.79 Å². The zero-order valence-corrected chi connectivity index (χ0v) is 11.0. The first-order valence-electron chi connectivity index (χ1n) is 6.15. The Morgan fingerprint density at radius 3 is 2.83 bits per heavy atom. The van der Waals surface area contributed by atoms with Gasteiger partial charge in [-0.25, -0.2) is 0 Å². The van der Waals surface area contributed by atoms with E-state index in [2.05, 4.69) is 12.2 Å². The highest BCUT2D eigenvalue weighted by molar-refractivity contribution is 6.32. The van der Waals surface area contributed by atoms with Crippen molar-refractivity contribution in [2.45, 2.75) is 25.4 Å². The third-order valence-corrected chi connectivity index (χ3v) is 3.71. The fourth-order valence-corrected chi connectivity index (χ4v) is 2.60. The lowest BCUT2D eigenvalue weighted by atomic mass is 9.94. The maximum absolute atomic E-state index is 6.14. The molecule has 0 saturated carbocycles. The van der Waals surface area contributed by atoms with E-state index in [1.165, 1.54) is 0 Å². The second-order valence-electron chi connectivity index (χ2n) is 4.94. The number of hydrogen-bond acceptors (Lipinski definition) is 4. The first-order valence-corrected chi connectivity index (χ1v) is 6.53. The van der Waals surface area contributed by atoms with Gasteiger partial charge in [0.15, 0.2) is 11.5 Å². The summed E-state index contributed by atoms with van der Waals surface area (Å²) in [6.45, 7) is 4.32. The Bertz CT molecular complexity index is 458. The molecule has 1 aromatic rings. The molecule has 0 atom stereocenters. The molecule has 18 heavy (non-hydrogen) atoms. The molecule has 1 saturated heterocycles. The van der Waals surface area contributed by atoms with E-state index in [1.807, 2.05) is 6.07 Å². The summed E-state index contributed by atoms with van der Waals surface area (Å²) in [5.74, 6) is 2.02. The molecule has 0 aliphatic carbocycles. The third-order valence-electron chi connectivity index (χ3n) is 3.43. The van der Waals surface area contributed by atoms with E-state index in [4.69, 9.17) is 25.8 Å². The first kappa shape index (κ1) is 11.9. The maximum Gasteiger partial charge on any atom is 0.231 e. The lowest BCUT2D eigenvalue weighted by Crippen LogP contribution is -2.43. The van der Waals surface area contributed by atoms with Crippen LogP contribution in [0.1, 0.15) is 19.8 Å². The predicted molar refractivity (Wildman–Crippen MR) is 68.7 cm³/mol. The number of hydrogen-bond donors (Lipinski definition) is 1. The molecule has 1 fully saturated rings. The molecule has 0 radical (unpaired) electrons. The van der Waals surface area contributed by atoms with E-state index < -0.39 is 0 Å². The van der Waals surface area contributed by atoms with Gasteiger partial charge in [-0.05, 0) is 32.9 Å². The summed E-state index contributed by atoms with van der Waals surface area (Å²) >= 11 is 6.14. The van der Waals surface area contributed by atoms with Gasteiger partial charge in [0, 0.05) is 12.1 Å². The average molecular weight is 270 g/mol. The van der Waals surface area contributed by atoms with Gasteiger partial charge in [0.05, 0.1) is 5.02 Å². The number of nitrogens with one attached hydrogen (secondary N) is 1. The first-order chi connectivity index (χ1) is 8.66. The molecule has 0 aromatic heterocycles. The molecule has 0 bridgehead atoms. The predicted octanol–water partition coefficient (Wildman–Crippen LogP) is 2.59. The van der Waals surface area contributed by atoms with Crippen LogP contribution in [0.5, 0.6) is 17.2 Å². The summed E-state index contributed by atoms with van der Waals surface area (Å²) in [7, 11) is 0. The van der Waals surface area contributed by atoms with Crippen LogP contribution in [-0.2, 0) is 0 Å². The molecule has 3 rings (SSSR count). The van der Waals surface area contributed by atoms with E-state index in [-0.39, 0.29) is 12.4 Å². The third kappa shape index (κ3) is 2.22. The van der Waals surface area contributed by atoms with Crippen LogP contribution in [0, 0.1) is 0 Å². The van der Waals surface area contributed by atoms with Crippen LogP contribution in [0.15, 0.2) is 12.1 Å². The van der Waals surface area contributed by atoms with Crippen molar-refractivity contribution in [2.75, 3.05) is 19.9 Å². The molecule has 2 heterocycles. The maximum atomic E-state index is 6.14. The lowest BCUT2D eigenvalue weighted by molar-refractivity contribution is 0.0554. The zero-order valence-electron chi connectivity index (χ0n) is 10.3. The van der Waals surface area contributed by atoms with Gasteiger partial charge in [-0.15, -0.1) is 0 Å². The Hall–Kier alpha value is -1.13. The van der Waals surface area contributed by atoms with Crippen LogP contribution in [0.25, 0.3) is 0 Å². The molecule has 0 spiro atoms. The van der Waals surface area contributed by atoms with Crippen LogP contribution in [0.4, 0.5) is 0 Å². The number of rotatable bonds is 2.